The second-order valence-electron chi connectivity index (χ2n) is 3.96. The number of aromatic amines is 1. The summed E-state index contributed by atoms with van der Waals surface area (Å²) in [6.45, 7) is 0.335. The number of nitrogens with one attached hydrogen (secondary N) is 2. The molecule has 1 amide bonds. The minimum absolute atomic E-state index is 0.211. The Hall–Kier alpha value is -1.82. The van der Waals surface area contributed by atoms with E-state index in [2.05, 4.69) is 10.3 Å². The van der Waals surface area contributed by atoms with Gasteiger partial charge in [0.15, 0.2) is 6.10 Å². The number of aromatic nitrogens is 1. The molecule has 1 aromatic rings. The van der Waals surface area contributed by atoms with Gasteiger partial charge in [-0.1, -0.05) is 0 Å². The number of hydrogen-bond donors (Lipinski definition) is 3. The van der Waals surface area contributed by atoms with Crippen LogP contribution >= 0.6 is 0 Å². The van der Waals surface area contributed by atoms with Crippen LogP contribution in [-0.4, -0.2) is 40.7 Å². The molecule has 0 bridgehead atoms. The van der Waals surface area contributed by atoms with Gasteiger partial charge >= 0.3 is 5.97 Å². The summed E-state index contributed by atoms with van der Waals surface area (Å²) in [5.74, 6) is -1.15. The van der Waals surface area contributed by atoms with Crippen LogP contribution in [0.1, 0.15) is 23.3 Å². The van der Waals surface area contributed by atoms with Gasteiger partial charge in [-0.15, -0.1) is 0 Å². The van der Waals surface area contributed by atoms with Gasteiger partial charge in [0.1, 0.15) is 5.69 Å². The first-order valence-electron chi connectivity index (χ1n) is 5.46. The van der Waals surface area contributed by atoms with Crippen LogP contribution in [0.3, 0.4) is 0 Å². The molecule has 1 aliphatic rings. The molecule has 92 valence electrons. The molecule has 0 saturated carbocycles. The summed E-state index contributed by atoms with van der Waals surface area (Å²) in [5, 5.41) is 11.4. The Kier molecular flexibility index (Phi) is 3.43. The smallest absolute Gasteiger partial charge is 0.332 e. The van der Waals surface area contributed by atoms with E-state index in [1.54, 1.807) is 18.3 Å². The number of carbonyl (C=O) groups is 2. The number of carboxylic acid groups (broad SMARTS) is 1. The Balaban J connectivity index is 1.76. The molecule has 6 heteroatoms. The largest absolute Gasteiger partial charge is 0.479 e. The van der Waals surface area contributed by atoms with E-state index in [-0.39, 0.29) is 12.0 Å². The summed E-state index contributed by atoms with van der Waals surface area (Å²) < 4.78 is 5.27. The number of amides is 1. The molecule has 17 heavy (non-hydrogen) atoms. The molecule has 0 aliphatic carbocycles. The monoisotopic (exact) mass is 238 g/mol. The summed E-state index contributed by atoms with van der Waals surface area (Å²) >= 11 is 0. The van der Waals surface area contributed by atoms with Crippen molar-refractivity contribution in [2.24, 2.45) is 0 Å². The Morgan fingerprint density at radius 2 is 2.35 bits per heavy atom. The van der Waals surface area contributed by atoms with Crippen LogP contribution in [-0.2, 0) is 9.53 Å². The Bertz CT molecular complexity index is 402. The fourth-order valence-electron chi connectivity index (χ4n) is 1.81. The molecule has 0 spiro atoms. The van der Waals surface area contributed by atoms with Crippen LogP contribution in [0.4, 0.5) is 0 Å². The molecule has 0 radical (unpaired) electrons. The van der Waals surface area contributed by atoms with Crippen LogP contribution in [0.25, 0.3) is 0 Å². The van der Waals surface area contributed by atoms with Crippen LogP contribution in [0, 0.1) is 0 Å². The standard InChI is InChI=1S/C11H14N2O4/c14-10(8-2-1-5-12-8)13-6-7-3-4-9(17-7)11(15)16/h1-2,5,7,9,12H,3-4,6H2,(H,13,14)(H,15,16). The topological polar surface area (TPSA) is 91.4 Å². The van der Waals surface area contributed by atoms with E-state index >= 15 is 0 Å². The molecule has 2 unspecified atom stereocenters. The van der Waals surface area contributed by atoms with Gasteiger partial charge in [-0.2, -0.15) is 0 Å². The normalized spacial score (nSPS) is 23.5. The first-order valence-corrected chi connectivity index (χ1v) is 5.46. The highest BCUT2D eigenvalue weighted by Gasteiger charge is 2.30. The van der Waals surface area contributed by atoms with E-state index in [1.807, 2.05) is 0 Å². The second kappa shape index (κ2) is 5.01. The molecular formula is C11H14N2O4. The van der Waals surface area contributed by atoms with Crippen molar-refractivity contribution in [2.45, 2.75) is 25.0 Å². The zero-order chi connectivity index (χ0) is 12.3. The summed E-state index contributed by atoms with van der Waals surface area (Å²) in [5.41, 5.74) is 0.484. The lowest BCUT2D eigenvalue weighted by Gasteiger charge is -2.11. The van der Waals surface area contributed by atoms with Gasteiger partial charge < -0.3 is 20.1 Å². The van der Waals surface area contributed by atoms with E-state index in [0.717, 1.165) is 0 Å². The summed E-state index contributed by atoms with van der Waals surface area (Å²) in [6, 6.07) is 3.41. The van der Waals surface area contributed by atoms with E-state index < -0.39 is 12.1 Å². The predicted molar refractivity (Wildman–Crippen MR) is 58.7 cm³/mol. The SMILES string of the molecule is O=C(NCC1CCC(C(=O)O)O1)c1ccc[nH]1. The minimum Gasteiger partial charge on any atom is -0.479 e. The van der Waals surface area contributed by atoms with E-state index in [0.29, 0.717) is 25.1 Å². The highest BCUT2D eigenvalue weighted by molar-refractivity contribution is 5.92. The lowest BCUT2D eigenvalue weighted by molar-refractivity contribution is -0.149. The van der Waals surface area contributed by atoms with Gasteiger partial charge in [0.25, 0.3) is 5.91 Å². The van der Waals surface area contributed by atoms with Crippen LogP contribution in [0.2, 0.25) is 0 Å². The molecule has 1 fully saturated rings. The predicted octanol–water partition coefficient (Wildman–Crippen LogP) is 0.377. The van der Waals surface area contributed by atoms with Crippen molar-refractivity contribution in [3.63, 3.8) is 0 Å². The van der Waals surface area contributed by atoms with Crippen molar-refractivity contribution in [1.82, 2.24) is 10.3 Å². The number of ether oxygens (including phenoxy) is 1. The number of rotatable bonds is 4. The van der Waals surface area contributed by atoms with Crippen molar-refractivity contribution in [1.29, 1.82) is 0 Å². The minimum atomic E-state index is -0.941. The molecule has 2 heterocycles. The van der Waals surface area contributed by atoms with Crippen molar-refractivity contribution in [3.05, 3.63) is 24.0 Å². The van der Waals surface area contributed by atoms with Crippen LogP contribution in [0.5, 0.6) is 0 Å². The molecule has 0 aromatic carbocycles. The molecular weight excluding hydrogens is 224 g/mol. The molecule has 1 aliphatic heterocycles. The molecule has 1 aromatic heterocycles. The van der Waals surface area contributed by atoms with Gasteiger partial charge in [0.05, 0.1) is 6.10 Å². The van der Waals surface area contributed by atoms with E-state index in [4.69, 9.17) is 9.84 Å². The van der Waals surface area contributed by atoms with E-state index in [9.17, 15) is 9.59 Å². The average Bonchev–Trinajstić information content (AvgIpc) is 2.97. The molecule has 6 nitrogen and oxygen atoms in total. The number of H-pyrrole nitrogens is 1. The summed E-state index contributed by atoms with van der Waals surface area (Å²) in [6.07, 6.45) is 1.87. The number of aliphatic carboxylic acids is 1. The first-order chi connectivity index (χ1) is 8.16. The molecule has 2 rings (SSSR count). The summed E-state index contributed by atoms with van der Waals surface area (Å²) in [4.78, 5) is 25.0. The molecule has 1 saturated heterocycles. The second-order valence-corrected chi connectivity index (χ2v) is 3.96. The lowest BCUT2D eigenvalue weighted by atomic mass is 10.2. The number of carbonyl (C=O) groups excluding carboxylic acids is 1. The molecule has 3 N–H and O–H groups in total. The van der Waals surface area contributed by atoms with Gasteiger partial charge in [0.2, 0.25) is 0 Å². The van der Waals surface area contributed by atoms with Crippen LogP contribution < -0.4 is 5.32 Å². The fraction of sp³-hybridized carbons (Fsp3) is 0.455. The Labute approximate surface area is 98.0 Å². The van der Waals surface area contributed by atoms with Crippen LogP contribution in [0.15, 0.2) is 18.3 Å². The zero-order valence-electron chi connectivity index (χ0n) is 9.18. The average molecular weight is 238 g/mol. The van der Waals surface area contributed by atoms with Crippen molar-refractivity contribution < 1.29 is 19.4 Å². The maximum atomic E-state index is 11.6. The van der Waals surface area contributed by atoms with Crippen molar-refractivity contribution >= 4 is 11.9 Å². The van der Waals surface area contributed by atoms with Gasteiger partial charge in [-0.3, -0.25) is 4.79 Å². The third-order valence-electron chi connectivity index (χ3n) is 2.72. The van der Waals surface area contributed by atoms with Crippen molar-refractivity contribution in [3.8, 4) is 0 Å². The van der Waals surface area contributed by atoms with E-state index in [1.165, 1.54) is 0 Å². The first kappa shape index (κ1) is 11.7. The van der Waals surface area contributed by atoms with Gasteiger partial charge in [-0.05, 0) is 25.0 Å². The highest BCUT2D eigenvalue weighted by atomic mass is 16.5. The fourth-order valence-corrected chi connectivity index (χ4v) is 1.81. The maximum absolute atomic E-state index is 11.6. The molecule has 2 atom stereocenters. The lowest BCUT2D eigenvalue weighted by Crippen LogP contribution is -2.33. The Morgan fingerprint density at radius 1 is 1.53 bits per heavy atom. The number of hydrogen-bond acceptors (Lipinski definition) is 3. The number of carboxylic acids is 1. The van der Waals surface area contributed by atoms with Gasteiger partial charge in [-0.25, -0.2) is 4.79 Å². The quantitative estimate of drug-likeness (QED) is 0.707. The van der Waals surface area contributed by atoms with Gasteiger partial charge in [0, 0.05) is 12.7 Å². The zero-order valence-corrected chi connectivity index (χ0v) is 9.18. The highest BCUT2D eigenvalue weighted by Crippen LogP contribution is 2.19. The third-order valence-corrected chi connectivity index (χ3v) is 2.72. The Morgan fingerprint density at radius 3 is 2.94 bits per heavy atom. The third kappa shape index (κ3) is 2.85. The van der Waals surface area contributed by atoms with Crippen molar-refractivity contribution in [2.75, 3.05) is 6.54 Å². The maximum Gasteiger partial charge on any atom is 0.332 e. The summed E-state index contributed by atoms with van der Waals surface area (Å²) in [7, 11) is 0.